The predicted octanol–water partition coefficient (Wildman–Crippen LogP) is 2.23. The quantitative estimate of drug-likeness (QED) is 0.708. The van der Waals surface area contributed by atoms with Crippen molar-refractivity contribution < 1.29 is 9.90 Å². The highest BCUT2D eigenvalue weighted by Gasteiger charge is 2.25. The second-order valence-corrected chi connectivity index (χ2v) is 5.07. The lowest BCUT2D eigenvalue weighted by Gasteiger charge is -2.30. The first-order valence-corrected chi connectivity index (χ1v) is 7.10. The van der Waals surface area contributed by atoms with Crippen LogP contribution in [0.15, 0.2) is 0 Å². The Balaban J connectivity index is 2.40. The van der Waals surface area contributed by atoms with E-state index in [-0.39, 0.29) is 6.61 Å². The molecule has 1 N–H and O–H groups in total. The first-order chi connectivity index (χ1) is 8.22. The summed E-state index contributed by atoms with van der Waals surface area (Å²) in [5.41, 5.74) is 0. The topological polar surface area (TPSA) is 40.5 Å². The molecule has 1 aliphatic carbocycles. The third-order valence-electron chi connectivity index (χ3n) is 4.04. The van der Waals surface area contributed by atoms with Crippen LogP contribution in [0.2, 0.25) is 0 Å². The number of carbonyl (C=O) groups is 1. The summed E-state index contributed by atoms with van der Waals surface area (Å²) in [5, 5.41) is 9.11. The number of aliphatic hydroxyl groups is 1. The van der Waals surface area contributed by atoms with Gasteiger partial charge in [-0.3, -0.25) is 9.69 Å². The van der Waals surface area contributed by atoms with Crippen LogP contribution in [0.4, 0.5) is 0 Å². The minimum absolute atomic E-state index is 0.217. The maximum absolute atomic E-state index is 11.6. The van der Waals surface area contributed by atoms with Crippen LogP contribution in [0, 0.1) is 5.92 Å². The summed E-state index contributed by atoms with van der Waals surface area (Å²) in [6, 6.07) is 0.554. The van der Waals surface area contributed by atoms with Gasteiger partial charge in [-0.25, -0.2) is 0 Å². The predicted molar refractivity (Wildman–Crippen MR) is 70.0 cm³/mol. The highest BCUT2D eigenvalue weighted by molar-refractivity contribution is 5.82. The molecule has 1 saturated carbocycles. The van der Waals surface area contributed by atoms with Crippen molar-refractivity contribution >= 4 is 5.78 Å². The van der Waals surface area contributed by atoms with E-state index in [1.807, 2.05) is 0 Å². The number of aliphatic hydroxyl groups excluding tert-OH is 1. The molecule has 0 aromatic carbocycles. The monoisotopic (exact) mass is 241 g/mol. The van der Waals surface area contributed by atoms with Gasteiger partial charge in [0.2, 0.25) is 0 Å². The Bertz CT molecular complexity index is 226. The lowest BCUT2D eigenvalue weighted by atomic mass is 10.0. The Morgan fingerprint density at radius 3 is 2.53 bits per heavy atom. The molecule has 100 valence electrons. The van der Waals surface area contributed by atoms with E-state index in [4.69, 9.17) is 5.11 Å². The van der Waals surface area contributed by atoms with Crippen molar-refractivity contribution in [3.63, 3.8) is 0 Å². The minimum atomic E-state index is 0.217. The Morgan fingerprint density at radius 1 is 1.35 bits per heavy atom. The number of carbonyl (C=O) groups excluding carboxylic acids is 1. The number of hydrogen-bond acceptors (Lipinski definition) is 3. The molecule has 1 unspecified atom stereocenters. The standard InChI is InChI=1S/C14H27NO2/c1-3-13(4-2)15(10-11-16)9-8-12-6-5-7-14(12)17/h12-13,16H,3-11H2,1-2H3. The van der Waals surface area contributed by atoms with Crippen molar-refractivity contribution in [2.45, 2.75) is 58.4 Å². The maximum atomic E-state index is 11.6. The average Bonchev–Trinajstić information content (AvgIpc) is 2.73. The first kappa shape index (κ1) is 14.7. The second kappa shape index (κ2) is 7.83. The zero-order valence-electron chi connectivity index (χ0n) is 11.3. The smallest absolute Gasteiger partial charge is 0.136 e. The van der Waals surface area contributed by atoms with E-state index in [1.54, 1.807) is 0 Å². The largest absolute Gasteiger partial charge is 0.395 e. The van der Waals surface area contributed by atoms with Gasteiger partial charge in [0.15, 0.2) is 0 Å². The zero-order valence-corrected chi connectivity index (χ0v) is 11.3. The van der Waals surface area contributed by atoms with Gasteiger partial charge in [0.1, 0.15) is 5.78 Å². The molecular formula is C14H27NO2. The Labute approximate surface area is 105 Å². The molecule has 3 heteroatoms. The summed E-state index contributed by atoms with van der Waals surface area (Å²) in [6.07, 6.45) is 6.17. The molecule has 1 aliphatic rings. The number of hydrogen-bond donors (Lipinski definition) is 1. The van der Waals surface area contributed by atoms with Gasteiger partial charge in [-0.15, -0.1) is 0 Å². The van der Waals surface area contributed by atoms with Crippen molar-refractivity contribution in [1.29, 1.82) is 0 Å². The lowest BCUT2D eigenvalue weighted by Crippen LogP contribution is -2.38. The summed E-state index contributed by atoms with van der Waals surface area (Å²) in [5.74, 6) is 0.754. The summed E-state index contributed by atoms with van der Waals surface area (Å²) in [6.45, 7) is 6.31. The van der Waals surface area contributed by atoms with E-state index in [2.05, 4.69) is 18.7 Å². The Hall–Kier alpha value is -0.410. The molecular weight excluding hydrogens is 214 g/mol. The lowest BCUT2D eigenvalue weighted by molar-refractivity contribution is -0.120. The van der Waals surface area contributed by atoms with Gasteiger partial charge in [-0.1, -0.05) is 13.8 Å². The summed E-state index contributed by atoms with van der Waals surface area (Å²) in [4.78, 5) is 13.9. The van der Waals surface area contributed by atoms with E-state index in [0.717, 1.165) is 51.6 Å². The van der Waals surface area contributed by atoms with Crippen molar-refractivity contribution in [3.05, 3.63) is 0 Å². The molecule has 0 radical (unpaired) electrons. The molecule has 1 rings (SSSR count). The van der Waals surface area contributed by atoms with Crippen LogP contribution >= 0.6 is 0 Å². The van der Waals surface area contributed by atoms with Crippen molar-refractivity contribution in [2.75, 3.05) is 19.7 Å². The molecule has 0 spiro atoms. The van der Waals surface area contributed by atoms with E-state index in [9.17, 15) is 4.79 Å². The summed E-state index contributed by atoms with van der Waals surface area (Å²) >= 11 is 0. The van der Waals surface area contributed by atoms with Gasteiger partial charge in [0, 0.05) is 24.9 Å². The fourth-order valence-corrected chi connectivity index (χ4v) is 2.93. The second-order valence-electron chi connectivity index (χ2n) is 5.07. The van der Waals surface area contributed by atoms with E-state index in [0.29, 0.717) is 17.7 Å². The SMILES string of the molecule is CCC(CC)N(CCO)CCC1CCCC1=O. The molecule has 0 aromatic rings. The van der Waals surface area contributed by atoms with Gasteiger partial charge >= 0.3 is 0 Å². The molecule has 1 atom stereocenters. The number of rotatable bonds is 8. The normalized spacial score (nSPS) is 20.8. The van der Waals surface area contributed by atoms with Crippen LogP contribution in [-0.2, 0) is 4.79 Å². The molecule has 3 nitrogen and oxygen atoms in total. The van der Waals surface area contributed by atoms with E-state index >= 15 is 0 Å². The third-order valence-corrected chi connectivity index (χ3v) is 4.04. The summed E-state index contributed by atoms with van der Waals surface area (Å²) in [7, 11) is 0. The average molecular weight is 241 g/mol. The van der Waals surface area contributed by atoms with Crippen LogP contribution in [0.1, 0.15) is 52.4 Å². The highest BCUT2D eigenvalue weighted by Crippen LogP contribution is 2.25. The molecule has 0 heterocycles. The number of Topliss-reactive ketones (excluding diaryl/α,β-unsaturated/α-hetero) is 1. The Morgan fingerprint density at radius 2 is 2.06 bits per heavy atom. The molecule has 0 bridgehead atoms. The fourth-order valence-electron chi connectivity index (χ4n) is 2.93. The Kier molecular flexibility index (Phi) is 6.75. The van der Waals surface area contributed by atoms with Crippen molar-refractivity contribution in [2.24, 2.45) is 5.92 Å². The maximum Gasteiger partial charge on any atom is 0.136 e. The first-order valence-electron chi connectivity index (χ1n) is 7.10. The van der Waals surface area contributed by atoms with Crippen LogP contribution in [0.5, 0.6) is 0 Å². The van der Waals surface area contributed by atoms with Crippen molar-refractivity contribution in [3.8, 4) is 0 Å². The molecule has 0 saturated heterocycles. The van der Waals surface area contributed by atoms with E-state index in [1.165, 1.54) is 0 Å². The number of ketones is 1. The fraction of sp³-hybridized carbons (Fsp3) is 0.929. The van der Waals surface area contributed by atoms with Gasteiger partial charge in [-0.05, 0) is 38.6 Å². The van der Waals surface area contributed by atoms with Crippen LogP contribution in [0.25, 0.3) is 0 Å². The minimum Gasteiger partial charge on any atom is -0.395 e. The molecule has 0 aliphatic heterocycles. The highest BCUT2D eigenvalue weighted by atomic mass is 16.3. The third kappa shape index (κ3) is 4.40. The number of nitrogens with zero attached hydrogens (tertiary/aromatic N) is 1. The van der Waals surface area contributed by atoms with Crippen LogP contribution in [-0.4, -0.2) is 41.5 Å². The van der Waals surface area contributed by atoms with Gasteiger partial charge in [0.25, 0.3) is 0 Å². The molecule has 0 amide bonds. The molecule has 1 fully saturated rings. The van der Waals surface area contributed by atoms with Crippen LogP contribution in [0.3, 0.4) is 0 Å². The van der Waals surface area contributed by atoms with Crippen LogP contribution < -0.4 is 0 Å². The van der Waals surface area contributed by atoms with Crippen molar-refractivity contribution in [1.82, 2.24) is 4.90 Å². The molecule has 17 heavy (non-hydrogen) atoms. The molecule has 0 aromatic heterocycles. The van der Waals surface area contributed by atoms with Gasteiger partial charge < -0.3 is 5.11 Å². The van der Waals surface area contributed by atoms with E-state index < -0.39 is 0 Å². The van der Waals surface area contributed by atoms with Gasteiger partial charge in [-0.2, -0.15) is 0 Å². The summed E-state index contributed by atoms with van der Waals surface area (Å²) < 4.78 is 0. The zero-order chi connectivity index (χ0) is 12.7. The van der Waals surface area contributed by atoms with Gasteiger partial charge in [0.05, 0.1) is 6.61 Å².